The van der Waals surface area contributed by atoms with E-state index in [-0.39, 0.29) is 18.4 Å². The third kappa shape index (κ3) is 2.13. The van der Waals surface area contributed by atoms with Gasteiger partial charge in [0.05, 0.1) is 5.41 Å². The SMILES string of the molecule is CCC(CC)(CNC(=O)C1C2CCCC21)C(=O)O. The van der Waals surface area contributed by atoms with Crippen LogP contribution in [0.3, 0.4) is 0 Å². The van der Waals surface area contributed by atoms with Gasteiger partial charge in [-0.2, -0.15) is 0 Å². The Morgan fingerprint density at radius 2 is 1.78 bits per heavy atom. The number of carbonyl (C=O) groups is 2. The fourth-order valence-electron chi connectivity index (χ4n) is 3.46. The van der Waals surface area contributed by atoms with E-state index in [0.717, 1.165) is 0 Å². The second-order valence-corrected chi connectivity index (χ2v) is 5.79. The number of carboxylic acid groups (broad SMARTS) is 1. The summed E-state index contributed by atoms with van der Waals surface area (Å²) in [7, 11) is 0. The quantitative estimate of drug-likeness (QED) is 0.761. The van der Waals surface area contributed by atoms with Crippen molar-refractivity contribution in [3.05, 3.63) is 0 Å². The topological polar surface area (TPSA) is 66.4 Å². The van der Waals surface area contributed by atoms with Gasteiger partial charge in [-0.15, -0.1) is 0 Å². The van der Waals surface area contributed by atoms with Crippen LogP contribution < -0.4 is 5.32 Å². The minimum absolute atomic E-state index is 0.0808. The van der Waals surface area contributed by atoms with Crippen molar-refractivity contribution in [3.8, 4) is 0 Å². The van der Waals surface area contributed by atoms with E-state index in [4.69, 9.17) is 0 Å². The molecule has 2 fully saturated rings. The molecule has 0 radical (unpaired) electrons. The highest BCUT2D eigenvalue weighted by atomic mass is 16.4. The summed E-state index contributed by atoms with van der Waals surface area (Å²) in [5.41, 5.74) is -0.792. The van der Waals surface area contributed by atoms with Gasteiger partial charge in [-0.1, -0.05) is 20.3 Å². The van der Waals surface area contributed by atoms with Crippen LogP contribution in [-0.4, -0.2) is 23.5 Å². The average molecular weight is 253 g/mol. The molecule has 2 atom stereocenters. The number of fused-ring (bicyclic) bond motifs is 1. The van der Waals surface area contributed by atoms with Crippen LogP contribution in [0.2, 0.25) is 0 Å². The lowest BCUT2D eigenvalue weighted by atomic mass is 9.82. The van der Waals surface area contributed by atoms with Crippen molar-refractivity contribution >= 4 is 11.9 Å². The van der Waals surface area contributed by atoms with E-state index in [9.17, 15) is 14.7 Å². The van der Waals surface area contributed by atoms with E-state index < -0.39 is 11.4 Å². The zero-order chi connectivity index (χ0) is 13.3. The number of carboxylic acids is 1. The van der Waals surface area contributed by atoms with Gasteiger partial charge in [0.1, 0.15) is 0 Å². The van der Waals surface area contributed by atoms with Crippen molar-refractivity contribution in [1.82, 2.24) is 5.32 Å². The van der Waals surface area contributed by atoms with Crippen LogP contribution in [-0.2, 0) is 9.59 Å². The standard InChI is InChI=1S/C14H23NO3/c1-3-14(4-2,13(17)18)8-15-12(16)11-9-6-5-7-10(9)11/h9-11H,3-8H2,1-2H3,(H,15,16)(H,17,18). The Morgan fingerprint density at radius 3 is 2.22 bits per heavy atom. The molecule has 2 rings (SSSR count). The van der Waals surface area contributed by atoms with Gasteiger partial charge in [-0.25, -0.2) is 0 Å². The molecule has 2 N–H and O–H groups in total. The van der Waals surface area contributed by atoms with Crippen LogP contribution >= 0.6 is 0 Å². The summed E-state index contributed by atoms with van der Waals surface area (Å²) in [6.45, 7) is 4.01. The van der Waals surface area contributed by atoms with Gasteiger partial charge in [0, 0.05) is 12.5 Å². The molecule has 2 aliphatic carbocycles. The molecule has 0 aliphatic heterocycles. The molecule has 0 bridgehead atoms. The predicted octanol–water partition coefficient (Wildman–Crippen LogP) is 2.04. The molecular weight excluding hydrogens is 230 g/mol. The lowest BCUT2D eigenvalue weighted by Gasteiger charge is -2.27. The molecule has 1 amide bonds. The van der Waals surface area contributed by atoms with E-state index in [1.807, 2.05) is 13.8 Å². The van der Waals surface area contributed by atoms with Gasteiger partial charge in [-0.3, -0.25) is 9.59 Å². The molecule has 0 spiro atoms. The Kier molecular flexibility index (Phi) is 3.64. The number of aliphatic carboxylic acids is 1. The minimum Gasteiger partial charge on any atom is -0.481 e. The number of hydrogen-bond donors (Lipinski definition) is 2. The Balaban J connectivity index is 1.86. The van der Waals surface area contributed by atoms with Crippen LogP contribution in [0.25, 0.3) is 0 Å². The van der Waals surface area contributed by atoms with Crippen molar-refractivity contribution in [2.45, 2.75) is 46.0 Å². The predicted molar refractivity (Wildman–Crippen MR) is 68.0 cm³/mol. The Hall–Kier alpha value is -1.06. The summed E-state index contributed by atoms with van der Waals surface area (Å²) in [5, 5.41) is 12.2. The highest BCUT2D eigenvalue weighted by molar-refractivity contribution is 5.83. The number of carbonyl (C=O) groups excluding carboxylic acids is 1. The molecule has 102 valence electrons. The van der Waals surface area contributed by atoms with Crippen molar-refractivity contribution in [1.29, 1.82) is 0 Å². The van der Waals surface area contributed by atoms with Crippen molar-refractivity contribution in [2.75, 3.05) is 6.54 Å². The van der Waals surface area contributed by atoms with Gasteiger partial charge < -0.3 is 10.4 Å². The lowest BCUT2D eigenvalue weighted by Crippen LogP contribution is -2.43. The molecule has 0 aromatic carbocycles. The zero-order valence-corrected chi connectivity index (χ0v) is 11.2. The third-order valence-corrected chi connectivity index (χ3v) is 5.12. The normalized spacial score (nSPS) is 29.8. The van der Waals surface area contributed by atoms with E-state index in [0.29, 0.717) is 24.7 Å². The van der Waals surface area contributed by atoms with E-state index in [2.05, 4.69) is 5.32 Å². The van der Waals surface area contributed by atoms with Crippen molar-refractivity contribution in [3.63, 3.8) is 0 Å². The van der Waals surface area contributed by atoms with Crippen LogP contribution in [0.1, 0.15) is 46.0 Å². The van der Waals surface area contributed by atoms with Crippen LogP contribution in [0.5, 0.6) is 0 Å². The minimum atomic E-state index is -0.802. The fraction of sp³-hybridized carbons (Fsp3) is 0.857. The van der Waals surface area contributed by atoms with Gasteiger partial charge in [-0.05, 0) is 37.5 Å². The second-order valence-electron chi connectivity index (χ2n) is 5.79. The van der Waals surface area contributed by atoms with Gasteiger partial charge in [0.25, 0.3) is 0 Å². The van der Waals surface area contributed by atoms with Crippen LogP contribution in [0, 0.1) is 23.2 Å². The molecule has 18 heavy (non-hydrogen) atoms. The van der Waals surface area contributed by atoms with Crippen molar-refractivity contribution < 1.29 is 14.7 Å². The molecule has 0 saturated heterocycles. The fourth-order valence-corrected chi connectivity index (χ4v) is 3.46. The molecule has 2 saturated carbocycles. The molecule has 0 heterocycles. The summed E-state index contributed by atoms with van der Waals surface area (Å²) < 4.78 is 0. The monoisotopic (exact) mass is 253 g/mol. The van der Waals surface area contributed by atoms with Crippen LogP contribution in [0.4, 0.5) is 0 Å². The van der Waals surface area contributed by atoms with Crippen molar-refractivity contribution in [2.24, 2.45) is 23.2 Å². The molecule has 0 aromatic rings. The first-order chi connectivity index (χ1) is 8.55. The van der Waals surface area contributed by atoms with Gasteiger partial charge >= 0.3 is 5.97 Å². The molecule has 2 unspecified atom stereocenters. The molecule has 0 aromatic heterocycles. The van der Waals surface area contributed by atoms with Gasteiger partial charge in [0.2, 0.25) is 5.91 Å². The number of rotatable bonds is 6. The van der Waals surface area contributed by atoms with E-state index in [1.54, 1.807) is 0 Å². The first-order valence-electron chi connectivity index (χ1n) is 7.07. The number of nitrogens with one attached hydrogen (secondary N) is 1. The number of amides is 1. The van der Waals surface area contributed by atoms with Gasteiger partial charge in [0.15, 0.2) is 0 Å². The Bertz CT molecular complexity index is 339. The first kappa shape index (κ1) is 13.4. The Morgan fingerprint density at radius 1 is 1.22 bits per heavy atom. The highest BCUT2D eigenvalue weighted by Crippen LogP contribution is 2.57. The second kappa shape index (κ2) is 4.90. The first-order valence-corrected chi connectivity index (χ1v) is 7.07. The zero-order valence-electron chi connectivity index (χ0n) is 11.2. The summed E-state index contributed by atoms with van der Waals surface area (Å²) in [6, 6.07) is 0. The smallest absolute Gasteiger partial charge is 0.311 e. The molecule has 4 nitrogen and oxygen atoms in total. The highest BCUT2D eigenvalue weighted by Gasteiger charge is 2.56. The number of hydrogen-bond acceptors (Lipinski definition) is 2. The lowest BCUT2D eigenvalue weighted by molar-refractivity contribution is -0.149. The molecule has 4 heteroatoms. The average Bonchev–Trinajstić information content (AvgIpc) is 2.84. The summed E-state index contributed by atoms with van der Waals surface area (Å²) in [6.07, 6.45) is 4.71. The summed E-state index contributed by atoms with van der Waals surface area (Å²) in [4.78, 5) is 23.3. The Labute approximate surface area is 108 Å². The van der Waals surface area contributed by atoms with E-state index >= 15 is 0 Å². The largest absolute Gasteiger partial charge is 0.481 e. The summed E-state index contributed by atoms with van der Waals surface area (Å²) >= 11 is 0. The van der Waals surface area contributed by atoms with Crippen LogP contribution in [0.15, 0.2) is 0 Å². The maximum atomic E-state index is 12.0. The molecule has 2 aliphatic rings. The maximum Gasteiger partial charge on any atom is 0.311 e. The maximum absolute atomic E-state index is 12.0. The van der Waals surface area contributed by atoms with E-state index in [1.165, 1.54) is 19.3 Å². The third-order valence-electron chi connectivity index (χ3n) is 5.12. The summed E-state index contributed by atoms with van der Waals surface area (Å²) in [5.74, 6) is 0.639. The molecular formula is C14H23NO3.